The van der Waals surface area contributed by atoms with E-state index in [1.165, 1.54) is 0 Å². The number of hydrogen-bond acceptors (Lipinski definition) is 5. The SMILES string of the molecule is COc1ccccc1NC(C)(CO)c1cnccn1. The Bertz CT molecular complexity index is 533. The van der Waals surface area contributed by atoms with Crippen LogP contribution in [0.25, 0.3) is 0 Å². The first-order chi connectivity index (χ1) is 9.19. The highest BCUT2D eigenvalue weighted by Gasteiger charge is 2.28. The van der Waals surface area contributed by atoms with Crippen LogP contribution in [0.2, 0.25) is 0 Å². The molecule has 0 spiro atoms. The number of nitrogens with zero attached hydrogens (tertiary/aromatic N) is 2. The lowest BCUT2D eigenvalue weighted by Gasteiger charge is -2.29. The fourth-order valence-electron chi connectivity index (χ4n) is 1.81. The molecule has 100 valence electrons. The molecule has 0 saturated heterocycles. The predicted molar refractivity (Wildman–Crippen MR) is 73.1 cm³/mol. The maximum Gasteiger partial charge on any atom is 0.141 e. The van der Waals surface area contributed by atoms with Gasteiger partial charge in [-0.15, -0.1) is 0 Å². The van der Waals surface area contributed by atoms with E-state index in [9.17, 15) is 5.11 Å². The molecule has 0 aliphatic rings. The predicted octanol–water partition coefficient (Wildman–Crippen LogP) is 1.80. The molecule has 1 atom stereocenters. The summed E-state index contributed by atoms with van der Waals surface area (Å²) in [6.07, 6.45) is 4.84. The van der Waals surface area contributed by atoms with Crippen LogP contribution in [0.15, 0.2) is 42.9 Å². The molecule has 19 heavy (non-hydrogen) atoms. The van der Waals surface area contributed by atoms with Crippen LogP contribution in [0, 0.1) is 0 Å². The summed E-state index contributed by atoms with van der Waals surface area (Å²) in [6.45, 7) is 1.76. The van der Waals surface area contributed by atoms with Crippen molar-refractivity contribution < 1.29 is 9.84 Å². The van der Waals surface area contributed by atoms with Gasteiger partial charge < -0.3 is 15.2 Å². The van der Waals surface area contributed by atoms with Gasteiger partial charge in [-0.05, 0) is 19.1 Å². The van der Waals surface area contributed by atoms with Gasteiger partial charge in [0.15, 0.2) is 0 Å². The van der Waals surface area contributed by atoms with Crippen molar-refractivity contribution in [3.8, 4) is 5.75 Å². The van der Waals surface area contributed by atoms with Crippen LogP contribution in [0.5, 0.6) is 5.75 Å². The second kappa shape index (κ2) is 5.67. The van der Waals surface area contributed by atoms with Gasteiger partial charge in [0.2, 0.25) is 0 Å². The topological polar surface area (TPSA) is 67.3 Å². The van der Waals surface area contributed by atoms with Crippen LogP contribution in [0.3, 0.4) is 0 Å². The lowest BCUT2D eigenvalue weighted by atomic mass is 9.98. The normalized spacial score (nSPS) is 13.6. The molecule has 1 unspecified atom stereocenters. The molecule has 0 amide bonds. The largest absolute Gasteiger partial charge is 0.495 e. The summed E-state index contributed by atoms with van der Waals surface area (Å²) in [5.74, 6) is 0.714. The fourth-order valence-corrected chi connectivity index (χ4v) is 1.81. The summed E-state index contributed by atoms with van der Waals surface area (Å²) in [4.78, 5) is 8.29. The van der Waals surface area contributed by atoms with E-state index < -0.39 is 5.54 Å². The molecule has 0 fully saturated rings. The summed E-state index contributed by atoms with van der Waals surface area (Å²) in [5, 5.41) is 13.0. The fraction of sp³-hybridized carbons (Fsp3) is 0.286. The number of ether oxygens (including phenoxy) is 1. The third-order valence-corrected chi connectivity index (χ3v) is 2.96. The lowest BCUT2D eigenvalue weighted by Crippen LogP contribution is -2.37. The number of aliphatic hydroxyl groups excluding tert-OH is 1. The molecule has 0 saturated carbocycles. The zero-order valence-electron chi connectivity index (χ0n) is 11.0. The number of methoxy groups -OCH3 is 1. The molecule has 0 radical (unpaired) electrons. The molecule has 2 rings (SSSR count). The van der Waals surface area contributed by atoms with Gasteiger partial charge in [0.1, 0.15) is 11.3 Å². The Hall–Kier alpha value is -2.14. The number of benzene rings is 1. The van der Waals surface area contributed by atoms with Crippen molar-refractivity contribution in [1.29, 1.82) is 0 Å². The first kappa shape index (κ1) is 13.3. The maximum absolute atomic E-state index is 9.69. The maximum atomic E-state index is 9.69. The van der Waals surface area contributed by atoms with Gasteiger partial charge in [0.05, 0.1) is 31.3 Å². The zero-order valence-corrected chi connectivity index (χ0v) is 11.0. The van der Waals surface area contributed by atoms with Crippen molar-refractivity contribution in [2.75, 3.05) is 19.0 Å². The third kappa shape index (κ3) is 2.82. The number of nitrogens with one attached hydrogen (secondary N) is 1. The molecular formula is C14H17N3O2. The molecule has 1 aromatic carbocycles. The van der Waals surface area contributed by atoms with Crippen LogP contribution in [-0.2, 0) is 5.54 Å². The zero-order chi connectivity index (χ0) is 13.7. The molecule has 2 N–H and O–H groups in total. The Balaban J connectivity index is 2.33. The Morgan fingerprint density at radius 3 is 2.74 bits per heavy atom. The van der Waals surface area contributed by atoms with E-state index in [0.717, 1.165) is 5.69 Å². The number of rotatable bonds is 5. The Morgan fingerprint density at radius 2 is 2.11 bits per heavy atom. The smallest absolute Gasteiger partial charge is 0.141 e. The van der Waals surface area contributed by atoms with E-state index in [-0.39, 0.29) is 6.61 Å². The Kier molecular flexibility index (Phi) is 3.97. The number of hydrogen-bond donors (Lipinski definition) is 2. The summed E-state index contributed by atoms with van der Waals surface area (Å²) in [5.41, 5.74) is 0.749. The second-order valence-corrected chi connectivity index (χ2v) is 4.41. The Morgan fingerprint density at radius 1 is 1.32 bits per heavy atom. The average molecular weight is 259 g/mol. The van der Waals surface area contributed by atoms with Gasteiger partial charge in [0, 0.05) is 12.4 Å². The minimum atomic E-state index is -0.719. The molecule has 0 aliphatic carbocycles. The van der Waals surface area contributed by atoms with Gasteiger partial charge in [-0.1, -0.05) is 12.1 Å². The van der Waals surface area contributed by atoms with Crippen molar-refractivity contribution in [2.24, 2.45) is 0 Å². The van der Waals surface area contributed by atoms with E-state index in [1.54, 1.807) is 25.7 Å². The van der Waals surface area contributed by atoms with E-state index >= 15 is 0 Å². The highest BCUT2D eigenvalue weighted by Crippen LogP contribution is 2.30. The third-order valence-electron chi connectivity index (χ3n) is 2.96. The minimum Gasteiger partial charge on any atom is -0.495 e. The molecule has 2 aromatic rings. The van der Waals surface area contributed by atoms with Gasteiger partial charge in [0.25, 0.3) is 0 Å². The van der Waals surface area contributed by atoms with Crippen LogP contribution in [0.4, 0.5) is 5.69 Å². The lowest BCUT2D eigenvalue weighted by molar-refractivity contribution is 0.220. The number of aliphatic hydroxyl groups is 1. The number of anilines is 1. The van der Waals surface area contributed by atoms with Gasteiger partial charge in [-0.3, -0.25) is 9.97 Å². The van der Waals surface area contributed by atoms with Crippen LogP contribution >= 0.6 is 0 Å². The summed E-state index contributed by atoms with van der Waals surface area (Å²) in [7, 11) is 1.61. The van der Waals surface area contributed by atoms with Crippen molar-refractivity contribution >= 4 is 5.69 Å². The van der Waals surface area contributed by atoms with Crippen LogP contribution in [-0.4, -0.2) is 28.8 Å². The van der Waals surface area contributed by atoms with E-state index in [0.29, 0.717) is 11.4 Å². The van der Waals surface area contributed by atoms with E-state index in [2.05, 4.69) is 15.3 Å². The molecule has 5 nitrogen and oxygen atoms in total. The van der Waals surface area contributed by atoms with Crippen molar-refractivity contribution in [3.63, 3.8) is 0 Å². The molecule has 0 bridgehead atoms. The van der Waals surface area contributed by atoms with Crippen molar-refractivity contribution in [3.05, 3.63) is 48.5 Å². The molecule has 1 heterocycles. The molecule has 0 aliphatic heterocycles. The molecule has 1 aromatic heterocycles. The van der Waals surface area contributed by atoms with Crippen molar-refractivity contribution in [1.82, 2.24) is 9.97 Å². The van der Waals surface area contributed by atoms with E-state index in [1.807, 2.05) is 31.2 Å². The summed E-state index contributed by atoms with van der Waals surface area (Å²) >= 11 is 0. The van der Waals surface area contributed by atoms with Crippen LogP contribution in [0.1, 0.15) is 12.6 Å². The number of para-hydroxylation sites is 2. The van der Waals surface area contributed by atoms with Gasteiger partial charge in [-0.2, -0.15) is 0 Å². The minimum absolute atomic E-state index is 0.107. The monoisotopic (exact) mass is 259 g/mol. The Labute approximate surface area is 112 Å². The summed E-state index contributed by atoms with van der Waals surface area (Å²) < 4.78 is 5.29. The second-order valence-electron chi connectivity index (χ2n) is 4.41. The molecule has 5 heteroatoms. The summed E-state index contributed by atoms with van der Waals surface area (Å²) in [6, 6.07) is 7.54. The quantitative estimate of drug-likeness (QED) is 0.857. The van der Waals surface area contributed by atoms with Gasteiger partial charge >= 0.3 is 0 Å². The standard InChI is InChI=1S/C14H17N3O2/c1-14(10-18,13-9-15-7-8-16-13)17-11-5-3-4-6-12(11)19-2/h3-9,17-18H,10H2,1-2H3. The van der Waals surface area contributed by atoms with Crippen molar-refractivity contribution in [2.45, 2.75) is 12.5 Å². The van der Waals surface area contributed by atoms with Gasteiger partial charge in [-0.25, -0.2) is 0 Å². The highest BCUT2D eigenvalue weighted by atomic mass is 16.5. The van der Waals surface area contributed by atoms with Crippen LogP contribution < -0.4 is 10.1 Å². The first-order valence-electron chi connectivity index (χ1n) is 5.98. The first-order valence-corrected chi connectivity index (χ1v) is 5.98. The average Bonchev–Trinajstić information content (AvgIpc) is 2.48. The number of aromatic nitrogens is 2. The van der Waals surface area contributed by atoms with E-state index in [4.69, 9.17) is 4.74 Å². The molecular weight excluding hydrogens is 242 g/mol. The highest BCUT2D eigenvalue weighted by molar-refractivity contribution is 5.58.